The van der Waals surface area contributed by atoms with Crippen LogP contribution < -0.4 is 5.32 Å². The van der Waals surface area contributed by atoms with Gasteiger partial charge in [-0.25, -0.2) is 0 Å². The second-order valence-corrected chi connectivity index (χ2v) is 3.33. The maximum absolute atomic E-state index is 6.09. The Morgan fingerprint density at radius 3 is 2.69 bits per heavy atom. The first-order chi connectivity index (χ1) is 6.20. The van der Waals surface area contributed by atoms with Gasteiger partial charge in [0.15, 0.2) is 0 Å². The zero-order chi connectivity index (χ0) is 9.84. The Morgan fingerprint density at radius 2 is 2.15 bits per heavy atom. The van der Waals surface area contributed by atoms with E-state index in [0.29, 0.717) is 0 Å². The minimum absolute atomic E-state index is 0.748. The van der Waals surface area contributed by atoms with Crippen LogP contribution >= 0.6 is 11.6 Å². The molecule has 0 saturated carbocycles. The van der Waals surface area contributed by atoms with Crippen molar-refractivity contribution in [3.63, 3.8) is 0 Å². The molecule has 0 atom stereocenters. The molecule has 1 N–H and O–H groups in total. The number of halogens is 1. The molecule has 1 aromatic rings. The average Bonchev–Trinajstić information content (AvgIpc) is 2.40. The lowest BCUT2D eigenvalue weighted by Crippen LogP contribution is -2.12. The third-order valence-corrected chi connectivity index (χ3v) is 2.51. The van der Waals surface area contributed by atoms with E-state index < -0.39 is 0 Å². The minimum atomic E-state index is 0.748. The molecule has 1 aromatic heterocycles. The number of aromatic nitrogens is 2. The highest BCUT2D eigenvalue weighted by Gasteiger charge is 2.11. The van der Waals surface area contributed by atoms with E-state index in [9.17, 15) is 0 Å². The van der Waals surface area contributed by atoms with Gasteiger partial charge in [0, 0.05) is 19.2 Å². The predicted octanol–water partition coefficient (Wildman–Crippen LogP) is 1.75. The SMILES string of the molecule is CCNCc1c(CC)nn(C)c1Cl. The third kappa shape index (κ3) is 2.23. The summed E-state index contributed by atoms with van der Waals surface area (Å²) in [5.41, 5.74) is 2.22. The topological polar surface area (TPSA) is 29.9 Å². The van der Waals surface area contributed by atoms with Crippen molar-refractivity contribution in [2.45, 2.75) is 26.8 Å². The summed E-state index contributed by atoms with van der Waals surface area (Å²) in [7, 11) is 1.87. The Labute approximate surface area is 84.1 Å². The molecule has 1 rings (SSSR count). The summed E-state index contributed by atoms with van der Waals surface area (Å²) in [5.74, 6) is 0. The van der Waals surface area contributed by atoms with Crippen LogP contribution in [0, 0.1) is 0 Å². The molecule has 0 unspecified atom stereocenters. The summed E-state index contributed by atoms with van der Waals surface area (Å²) < 4.78 is 1.73. The Hall–Kier alpha value is -0.540. The maximum Gasteiger partial charge on any atom is 0.131 e. The van der Waals surface area contributed by atoms with Crippen molar-refractivity contribution in [1.82, 2.24) is 15.1 Å². The van der Waals surface area contributed by atoms with Gasteiger partial charge in [-0.3, -0.25) is 4.68 Å². The highest BCUT2D eigenvalue weighted by atomic mass is 35.5. The second-order valence-electron chi connectivity index (χ2n) is 2.97. The molecule has 0 amide bonds. The van der Waals surface area contributed by atoms with Crippen molar-refractivity contribution in [3.8, 4) is 0 Å². The molecule has 1 heterocycles. The lowest BCUT2D eigenvalue weighted by atomic mass is 10.2. The van der Waals surface area contributed by atoms with E-state index in [4.69, 9.17) is 11.6 Å². The van der Waals surface area contributed by atoms with Gasteiger partial charge in [-0.1, -0.05) is 25.4 Å². The van der Waals surface area contributed by atoms with Crippen LogP contribution in [0.15, 0.2) is 0 Å². The van der Waals surface area contributed by atoms with Gasteiger partial charge in [-0.05, 0) is 13.0 Å². The molecular weight excluding hydrogens is 186 g/mol. The molecule has 0 spiro atoms. The zero-order valence-electron chi connectivity index (χ0n) is 8.39. The van der Waals surface area contributed by atoms with Gasteiger partial charge in [0.2, 0.25) is 0 Å². The Balaban J connectivity index is 2.88. The van der Waals surface area contributed by atoms with Gasteiger partial charge in [-0.15, -0.1) is 0 Å². The number of hydrogen-bond donors (Lipinski definition) is 1. The first-order valence-corrected chi connectivity index (χ1v) is 4.99. The van der Waals surface area contributed by atoms with Crippen LogP contribution in [0.25, 0.3) is 0 Å². The lowest BCUT2D eigenvalue weighted by molar-refractivity contribution is 0.720. The minimum Gasteiger partial charge on any atom is -0.313 e. The summed E-state index contributed by atoms with van der Waals surface area (Å²) in [4.78, 5) is 0. The summed E-state index contributed by atoms with van der Waals surface area (Å²) in [5, 5.41) is 8.33. The fraction of sp³-hybridized carbons (Fsp3) is 0.667. The van der Waals surface area contributed by atoms with E-state index >= 15 is 0 Å². The van der Waals surface area contributed by atoms with Crippen molar-refractivity contribution >= 4 is 11.6 Å². The van der Waals surface area contributed by atoms with Gasteiger partial charge in [0.1, 0.15) is 5.15 Å². The normalized spacial score (nSPS) is 10.8. The standard InChI is InChI=1S/C9H16ClN3/c1-4-8-7(6-11-5-2)9(10)13(3)12-8/h11H,4-6H2,1-3H3. The Bertz CT molecular complexity index is 281. The Kier molecular flexibility index (Phi) is 3.75. The van der Waals surface area contributed by atoms with E-state index in [1.807, 2.05) is 7.05 Å². The van der Waals surface area contributed by atoms with Crippen LogP contribution in [-0.4, -0.2) is 16.3 Å². The van der Waals surface area contributed by atoms with Crippen molar-refractivity contribution in [1.29, 1.82) is 0 Å². The smallest absolute Gasteiger partial charge is 0.131 e. The average molecular weight is 202 g/mol. The number of nitrogens with zero attached hydrogens (tertiary/aromatic N) is 2. The van der Waals surface area contributed by atoms with E-state index in [1.165, 1.54) is 0 Å². The van der Waals surface area contributed by atoms with E-state index in [0.717, 1.165) is 35.9 Å². The predicted molar refractivity (Wildman–Crippen MR) is 55.0 cm³/mol. The van der Waals surface area contributed by atoms with E-state index in [2.05, 4.69) is 24.3 Å². The molecule has 4 heteroatoms. The zero-order valence-corrected chi connectivity index (χ0v) is 9.15. The van der Waals surface area contributed by atoms with Crippen molar-refractivity contribution in [2.24, 2.45) is 7.05 Å². The quantitative estimate of drug-likeness (QED) is 0.805. The van der Waals surface area contributed by atoms with Crippen LogP contribution in [0.5, 0.6) is 0 Å². The van der Waals surface area contributed by atoms with Gasteiger partial charge in [0.25, 0.3) is 0 Å². The fourth-order valence-corrected chi connectivity index (χ4v) is 1.52. The fourth-order valence-electron chi connectivity index (χ4n) is 1.31. The molecule has 0 aromatic carbocycles. The van der Waals surface area contributed by atoms with Crippen molar-refractivity contribution < 1.29 is 0 Å². The number of rotatable bonds is 4. The monoisotopic (exact) mass is 201 g/mol. The molecule has 0 bridgehead atoms. The van der Waals surface area contributed by atoms with Crippen LogP contribution in [0.4, 0.5) is 0 Å². The van der Waals surface area contributed by atoms with Crippen LogP contribution in [-0.2, 0) is 20.0 Å². The molecular formula is C9H16ClN3. The molecule has 0 fully saturated rings. The molecule has 0 radical (unpaired) electrons. The van der Waals surface area contributed by atoms with Crippen LogP contribution in [0.2, 0.25) is 5.15 Å². The Morgan fingerprint density at radius 1 is 1.46 bits per heavy atom. The summed E-state index contributed by atoms with van der Waals surface area (Å²) >= 11 is 6.09. The van der Waals surface area contributed by atoms with Crippen molar-refractivity contribution in [2.75, 3.05) is 6.54 Å². The largest absolute Gasteiger partial charge is 0.313 e. The second kappa shape index (κ2) is 4.63. The first kappa shape index (κ1) is 10.5. The first-order valence-electron chi connectivity index (χ1n) is 4.61. The van der Waals surface area contributed by atoms with E-state index in [-0.39, 0.29) is 0 Å². The molecule has 74 valence electrons. The summed E-state index contributed by atoms with van der Waals surface area (Å²) in [6.07, 6.45) is 0.932. The third-order valence-electron chi connectivity index (χ3n) is 2.04. The highest BCUT2D eigenvalue weighted by molar-refractivity contribution is 6.30. The maximum atomic E-state index is 6.09. The molecule has 0 aliphatic heterocycles. The summed E-state index contributed by atoms with van der Waals surface area (Å²) in [6.45, 7) is 5.94. The molecule has 13 heavy (non-hydrogen) atoms. The summed E-state index contributed by atoms with van der Waals surface area (Å²) in [6, 6.07) is 0. The molecule has 0 saturated heterocycles. The van der Waals surface area contributed by atoms with Crippen LogP contribution in [0.1, 0.15) is 25.1 Å². The number of aryl methyl sites for hydroxylation is 2. The highest BCUT2D eigenvalue weighted by Crippen LogP contribution is 2.19. The van der Waals surface area contributed by atoms with Gasteiger partial charge in [0.05, 0.1) is 5.69 Å². The van der Waals surface area contributed by atoms with Crippen LogP contribution in [0.3, 0.4) is 0 Å². The number of nitrogens with one attached hydrogen (secondary N) is 1. The van der Waals surface area contributed by atoms with E-state index in [1.54, 1.807) is 4.68 Å². The molecule has 3 nitrogen and oxygen atoms in total. The van der Waals surface area contributed by atoms with Gasteiger partial charge >= 0.3 is 0 Å². The van der Waals surface area contributed by atoms with Gasteiger partial charge < -0.3 is 5.32 Å². The van der Waals surface area contributed by atoms with Gasteiger partial charge in [-0.2, -0.15) is 5.10 Å². The van der Waals surface area contributed by atoms with Crippen molar-refractivity contribution in [3.05, 3.63) is 16.4 Å². The molecule has 0 aliphatic rings. The lowest BCUT2D eigenvalue weighted by Gasteiger charge is -2.01. The number of hydrogen-bond acceptors (Lipinski definition) is 2. The molecule has 0 aliphatic carbocycles.